The topological polar surface area (TPSA) is 57.6 Å². The predicted molar refractivity (Wildman–Crippen MR) is 103 cm³/mol. The number of nitrogens with zero attached hydrogens (tertiary/aromatic N) is 1. The standard InChI is InChI=1S/C21H25NO3S/c1-3-14-21(23)15-7-16-22(20(21)18-8-5-4-6-9-18)26(24,25)19-12-10-17(2)11-13-19/h3-6,8-14,20,23H,7,15-16H2,1-2H3/t20-,21-/m0/s1. The summed E-state index contributed by atoms with van der Waals surface area (Å²) in [6.45, 7) is 4.15. The van der Waals surface area contributed by atoms with Crippen LogP contribution >= 0.6 is 0 Å². The van der Waals surface area contributed by atoms with Crippen LogP contribution in [0.1, 0.15) is 36.9 Å². The van der Waals surface area contributed by atoms with Crippen LogP contribution in [-0.2, 0) is 10.0 Å². The lowest BCUT2D eigenvalue weighted by atomic mass is 9.81. The molecule has 1 aliphatic heterocycles. The zero-order chi connectivity index (χ0) is 18.8. The fourth-order valence-electron chi connectivity index (χ4n) is 3.69. The lowest BCUT2D eigenvalue weighted by Gasteiger charge is -2.45. The molecule has 1 aliphatic rings. The molecule has 1 N–H and O–H groups in total. The van der Waals surface area contributed by atoms with Crippen molar-refractivity contribution < 1.29 is 13.5 Å². The molecule has 1 heterocycles. The predicted octanol–water partition coefficient (Wildman–Crippen LogP) is 3.83. The van der Waals surface area contributed by atoms with Gasteiger partial charge >= 0.3 is 0 Å². The van der Waals surface area contributed by atoms with Gasteiger partial charge in [-0.3, -0.25) is 0 Å². The molecule has 138 valence electrons. The molecule has 0 amide bonds. The van der Waals surface area contributed by atoms with Crippen molar-refractivity contribution in [3.8, 4) is 0 Å². The van der Waals surface area contributed by atoms with Gasteiger partial charge in [-0.1, -0.05) is 60.2 Å². The molecule has 2 aromatic rings. The van der Waals surface area contributed by atoms with Crippen LogP contribution in [0, 0.1) is 6.92 Å². The summed E-state index contributed by atoms with van der Waals surface area (Å²) in [6, 6.07) is 15.6. The van der Waals surface area contributed by atoms with E-state index in [-0.39, 0.29) is 4.90 Å². The van der Waals surface area contributed by atoms with E-state index in [1.54, 1.807) is 36.4 Å². The Kier molecular flexibility index (Phi) is 5.32. The molecule has 2 aromatic carbocycles. The molecule has 3 rings (SSSR count). The first kappa shape index (κ1) is 18.8. The Hall–Kier alpha value is -1.95. The minimum Gasteiger partial charge on any atom is -0.384 e. The van der Waals surface area contributed by atoms with Gasteiger partial charge in [0, 0.05) is 6.54 Å². The van der Waals surface area contributed by atoms with Gasteiger partial charge in [0.1, 0.15) is 5.60 Å². The van der Waals surface area contributed by atoms with Crippen LogP contribution < -0.4 is 0 Å². The van der Waals surface area contributed by atoms with Gasteiger partial charge in [-0.2, -0.15) is 4.31 Å². The highest BCUT2D eigenvalue weighted by atomic mass is 32.2. The molecule has 2 atom stereocenters. The van der Waals surface area contributed by atoms with Crippen molar-refractivity contribution in [2.75, 3.05) is 6.54 Å². The summed E-state index contributed by atoms with van der Waals surface area (Å²) in [4.78, 5) is 0.258. The molecule has 0 spiro atoms. The van der Waals surface area contributed by atoms with E-state index in [0.29, 0.717) is 19.4 Å². The Labute approximate surface area is 155 Å². The van der Waals surface area contributed by atoms with Crippen molar-refractivity contribution in [3.05, 3.63) is 77.9 Å². The fraction of sp³-hybridized carbons (Fsp3) is 0.333. The fourth-order valence-corrected chi connectivity index (χ4v) is 5.39. The molecule has 4 nitrogen and oxygen atoms in total. The van der Waals surface area contributed by atoms with E-state index < -0.39 is 21.7 Å². The molecule has 1 fully saturated rings. The Morgan fingerprint density at radius 2 is 1.77 bits per heavy atom. The summed E-state index contributed by atoms with van der Waals surface area (Å²) in [5.74, 6) is 0. The number of allylic oxidation sites excluding steroid dienone is 1. The van der Waals surface area contributed by atoms with Crippen LogP contribution in [0.4, 0.5) is 0 Å². The second-order valence-corrected chi connectivity index (χ2v) is 8.73. The van der Waals surface area contributed by atoms with Gasteiger partial charge in [0.05, 0.1) is 10.9 Å². The van der Waals surface area contributed by atoms with Crippen LogP contribution in [0.3, 0.4) is 0 Å². The maximum absolute atomic E-state index is 13.4. The molecule has 26 heavy (non-hydrogen) atoms. The Morgan fingerprint density at radius 3 is 2.38 bits per heavy atom. The smallest absolute Gasteiger partial charge is 0.243 e. The van der Waals surface area contributed by atoms with Gasteiger partial charge in [0.2, 0.25) is 10.0 Å². The highest BCUT2D eigenvalue weighted by Crippen LogP contribution is 2.43. The monoisotopic (exact) mass is 371 g/mol. The van der Waals surface area contributed by atoms with Crippen molar-refractivity contribution in [2.24, 2.45) is 0 Å². The number of rotatable bonds is 4. The van der Waals surface area contributed by atoms with E-state index in [4.69, 9.17) is 0 Å². The van der Waals surface area contributed by atoms with Gasteiger partial charge < -0.3 is 5.11 Å². The van der Waals surface area contributed by atoms with E-state index >= 15 is 0 Å². The molecular weight excluding hydrogens is 346 g/mol. The number of sulfonamides is 1. The van der Waals surface area contributed by atoms with Crippen LogP contribution in [0.15, 0.2) is 71.6 Å². The molecule has 0 aliphatic carbocycles. The summed E-state index contributed by atoms with van der Waals surface area (Å²) < 4.78 is 28.2. The maximum atomic E-state index is 13.4. The molecule has 1 saturated heterocycles. The van der Waals surface area contributed by atoms with Gasteiger partial charge in [-0.05, 0) is 44.4 Å². The zero-order valence-corrected chi connectivity index (χ0v) is 16.0. The lowest BCUT2D eigenvalue weighted by Crippen LogP contribution is -2.51. The lowest BCUT2D eigenvalue weighted by molar-refractivity contribution is -0.0158. The normalized spacial score (nSPS) is 24.8. The molecule has 0 aromatic heterocycles. The SMILES string of the molecule is CC=C[C@]1(O)CCCN(S(=O)(=O)c2ccc(C)cc2)[C@H]1c1ccccc1. The largest absolute Gasteiger partial charge is 0.384 e. The van der Waals surface area contributed by atoms with E-state index in [9.17, 15) is 13.5 Å². The summed E-state index contributed by atoms with van der Waals surface area (Å²) in [6.07, 6.45) is 4.64. The average Bonchev–Trinajstić information content (AvgIpc) is 2.62. The Bertz CT molecular complexity index is 875. The van der Waals surface area contributed by atoms with Crippen molar-refractivity contribution in [3.63, 3.8) is 0 Å². The van der Waals surface area contributed by atoms with Crippen LogP contribution in [-0.4, -0.2) is 30.0 Å². The number of aliphatic hydroxyl groups is 1. The highest BCUT2D eigenvalue weighted by molar-refractivity contribution is 7.89. The van der Waals surface area contributed by atoms with Crippen LogP contribution in [0.5, 0.6) is 0 Å². The van der Waals surface area contributed by atoms with Gasteiger partial charge in [0.15, 0.2) is 0 Å². The van der Waals surface area contributed by atoms with E-state index in [1.807, 2.05) is 44.2 Å². The summed E-state index contributed by atoms with van der Waals surface area (Å²) in [5.41, 5.74) is 0.572. The van der Waals surface area contributed by atoms with Crippen molar-refractivity contribution in [1.82, 2.24) is 4.31 Å². The van der Waals surface area contributed by atoms with Crippen LogP contribution in [0.25, 0.3) is 0 Å². The van der Waals surface area contributed by atoms with Gasteiger partial charge in [0.25, 0.3) is 0 Å². The third kappa shape index (κ3) is 3.47. The number of aryl methyl sites for hydroxylation is 1. The Balaban J connectivity index is 2.12. The third-order valence-corrected chi connectivity index (χ3v) is 6.79. The number of piperidine rings is 1. The minimum atomic E-state index is -3.73. The number of hydrogen-bond acceptors (Lipinski definition) is 3. The van der Waals surface area contributed by atoms with E-state index in [2.05, 4.69) is 0 Å². The molecule has 0 unspecified atom stereocenters. The third-order valence-electron chi connectivity index (χ3n) is 4.92. The molecule has 0 bridgehead atoms. The second kappa shape index (κ2) is 7.35. The van der Waals surface area contributed by atoms with Crippen LogP contribution in [0.2, 0.25) is 0 Å². The van der Waals surface area contributed by atoms with Crippen molar-refractivity contribution in [2.45, 2.75) is 43.2 Å². The first-order valence-electron chi connectivity index (χ1n) is 8.88. The average molecular weight is 372 g/mol. The summed E-state index contributed by atoms with van der Waals surface area (Å²) in [5, 5.41) is 11.3. The maximum Gasteiger partial charge on any atom is 0.243 e. The molecule has 5 heteroatoms. The number of benzene rings is 2. The molecule has 0 saturated carbocycles. The van der Waals surface area contributed by atoms with Gasteiger partial charge in [-0.15, -0.1) is 0 Å². The first-order valence-corrected chi connectivity index (χ1v) is 10.3. The Morgan fingerprint density at radius 1 is 1.12 bits per heavy atom. The quantitative estimate of drug-likeness (QED) is 0.831. The van der Waals surface area contributed by atoms with E-state index in [1.165, 1.54) is 4.31 Å². The summed E-state index contributed by atoms with van der Waals surface area (Å²) in [7, 11) is -3.73. The first-order chi connectivity index (χ1) is 12.4. The molecule has 0 radical (unpaired) electrons. The number of hydrogen-bond donors (Lipinski definition) is 1. The second-order valence-electron chi connectivity index (χ2n) is 6.84. The summed E-state index contributed by atoms with van der Waals surface area (Å²) >= 11 is 0. The minimum absolute atomic E-state index is 0.258. The molecular formula is C21H25NO3S. The van der Waals surface area contributed by atoms with Crippen molar-refractivity contribution in [1.29, 1.82) is 0 Å². The highest BCUT2D eigenvalue weighted by Gasteiger charge is 2.47. The zero-order valence-electron chi connectivity index (χ0n) is 15.2. The van der Waals surface area contributed by atoms with Gasteiger partial charge in [-0.25, -0.2) is 8.42 Å². The van der Waals surface area contributed by atoms with Crippen molar-refractivity contribution >= 4 is 10.0 Å². The van der Waals surface area contributed by atoms with E-state index in [0.717, 1.165) is 11.1 Å².